The Labute approximate surface area is 148 Å². The summed E-state index contributed by atoms with van der Waals surface area (Å²) < 4.78 is 32.2. The summed E-state index contributed by atoms with van der Waals surface area (Å²) >= 11 is 3.27. The van der Waals surface area contributed by atoms with E-state index in [-0.39, 0.29) is 23.6 Å². The number of pyridine rings is 1. The van der Waals surface area contributed by atoms with Gasteiger partial charge in [0.25, 0.3) is 5.91 Å². The molecule has 0 aliphatic heterocycles. The first-order valence-corrected chi connectivity index (χ1v) is 9.21. The second kappa shape index (κ2) is 8.34. The molecular formula is C15H16BrN3O4S. The van der Waals surface area contributed by atoms with E-state index in [1.165, 1.54) is 25.3 Å². The van der Waals surface area contributed by atoms with Crippen LogP contribution in [0.5, 0.6) is 0 Å². The molecule has 2 N–H and O–H groups in total. The van der Waals surface area contributed by atoms with Crippen LogP contribution in [0.25, 0.3) is 0 Å². The maximum atomic E-state index is 12.4. The highest BCUT2D eigenvalue weighted by atomic mass is 79.9. The van der Waals surface area contributed by atoms with Gasteiger partial charge in [-0.05, 0) is 46.3 Å². The minimum atomic E-state index is -3.72. The highest BCUT2D eigenvalue weighted by Crippen LogP contribution is 2.22. The van der Waals surface area contributed by atoms with Gasteiger partial charge in [-0.25, -0.2) is 13.1 Å². The number of carbonyl (C=O) groups excluding carboxylic acids is 1. The number of methoxy groups -OCH3 is 1. The van der Waals surface area contributed by atoms with Crippen LogP contribution in [0.2, 0.25) is 0 Å². The number of nitrogens with one attached hydrogen (secondary N) is 2. The number of halogens is 1. The maximum Gasteiger partial charge on any atom is 0.256 e. The maximum absolute atomic E-state index is 12.4. The van der Waals surface area contributed by atoms with Crippen LogP contribution in [-0.4, -0.2) is 39.6 Å². The molecular weight excluding hydrogens is 398 g/mol. The molecule has 0 saturated carbocycles. The normalized spacial score (nSPS) is 11.2. The smallest absolute Gasteiger partial charge is 0.256 e. The number of ether oxygens (including phenoxy) is 1. The standard InChI is InChI=1S/C15H16BrN3O4S/c1-23-9-8-18-24(21,22)12-2-3-14(16)13(10-12)15(20)19-11-4-6-17-7-5-11/h2-7,10,18H,8-9H2,1H3,(H,17,19,20). The van der Waals surface area contributed by atoms with E-state index in [9.17, 15) is 13.2 Å². The van der Waals surface area contributed by atoms with E-state index in [2.05, 4.69) is 31.0 Å². The number of amides is 1. The minimum absolute atomic E-state index is 0.00156. The predicted molar refractivity (Wildman–Crippen MR) is 93.4 cm³/mol. The van der Waals surface area contributed by atoms with Crippen LogP contribution in [-0.2, 0) is 14.8 Å². The van der Waals surface area contributed by atoms with Crippen LogP contribution in [0.4, 0.5) is 5.69 Å². The summed E-state index contributed by atoms with van der Waals surface area (Å²) in [5.41, 5.74) is 0.773. The fraction of sp³-hybridized carbons (Fsp3) is 0.200. The number of anilines is 1. The van der Waals surface area contributed by atoms with Crippen LogP contribution in [0.1, 0.15) is 10.4 Å². The van der Waals surface area contributed by atoms with E-state index < -0.39 is 15.9 Å². The van der Waals surface area contributed by atoms with Gasteiger partial charge in [0.05, 0.1) is 17.1 Å². The quantitative estimate of drug-likeness (QED) is 0.676. The zero-order valence-corrected chi connectivity index (χ0v) is 15.2. The van der Waals surface area contributed by atoms with Gasteiger partial charge in [0.15, 0.2) is 0 Å². The molecule has 0 fully saturated rings. The lowest BCUT2D eigenvalue weighted by Crippen LogP contribution is -2.27. The lowest BCUT2D eigenvalue weighted by molar-refractivity contribution is 0.102. The molecule has 0 unspecified atom stereocenters. The Balaban J connectivity index is 2.23. The second-order valence-electron chi connectivity index (χ2n) is 4.72. The number of sulfonamides is 1. The van der Waals surface area contributed by atoms with E-state index >= 15 is 0 Å². The van der Waals surface area contributed by atoms with Crippen LogP contribution >= 0.6 is 15.9 Å². The Morgan fingerprint density at radius 2 is 1.96 bits per heavy atom. The molecule has 0 bridgehead atoms. The van der Waals surface area contributed by atoms with Crippen molar-refractivity contribution in [2.24, 2.45) is 0 Å². The van der Waals surface area contributed by atoms with Crippen LogP contribution in [0.15, 0.2) is 52.1 Å². The number of hydrogen-bond acceptors (Lipinski definition) is 5. The molecule has 0 aliphatic carbocycles. The van der Waals surface area contributed by atoms with Crippen molar-refractivity contribution in [2.45, 2.75) is 4.90 Å². The van der Waals surface area contributed by atoms with Gasteiger partial charge < -0.3 is 10.1 Å². The average molecular weight is 414 g/mol. The average Bonchev–Trinajstić information content (AvgIpc) is 2.56. The van der Waals surface area contributed by atoms with Gasteiger partial charge in [0, 0.05) is 36.2 Å². The topological polar surface area (TPSA) is 97.4 Å². The van der Waals surface area contributed by atoms with Gasteiger partial charge in [-0.3, -0.25) is 9.78 Å². The van der Waals surface area contributed by atoms with Crippen molar-refractivity contribution in [3.63, 3.8) is 0 Å². The van der Waals surface area contributed by atoms with Crippen molar-refractivity contribution < 1.29 is 17.9 Å². The predicted octanol–water partition coefficient (Wildman–Crippen LogP) is 2.02. The van der Waals surface area contributed by atoms with E-state index in [1.54, 1.807) is 24.5 Å². The Morgan fingerprint density at radius 3 is 2.62 bits per heavy atom. The zero-order chi connectivity index (χ0) is 17.6. The molecule has 1 aromatic heterocycles. The molecule has 0 aliphatic rings. The molecule has 2 rings (SSSR count). The van der Waals surface area contributed by atoms with Crippen LogP contribution in [0.3, 0.4) is 0 Å². The second-order valence-corrected chi connectivity index (χ2v) is 7.34. The number of hydrogen-bond donors (Lipinski definition) is 2. The third kappa shape index (κ3) is 4.84. The highest BCUT2D eigenvalue weighted by molar-refractivity contribution is 9.10. The lowest BCUT2D eigenvalue weighted by Gasteiger charge is -2.10. The number of aromatic nitrogens is 1. The van der Waals surface area contributed by atoms with Gasteiger partial charge in [0.2, 0.25) is 10.0 Å². The summed E-state index contributed by atoms with van der Waals surface area (Å²) in [6, 6.07) is 7.53. The Morgan fingerprint density at radius 1 is 1.25 bits per heavy atom. The number of carbonyl (C=O) groups is 1. The molecule has 1 aromatic carbocycles. The Hall–Kier alpha value is -1.81. The molecule has 0 atom stereocenters. The molecule has 0 radical (unpaired) electrons. The fourth-order valence-corrected chi connectivity index (χ4v) is 3.31. The minimum Gasteiger partial charge on any atom is -0.383 e. The number of benzene rings is 1. The lowest BCUT2D eigenvalue weighted by atomic mass is 10.2. The first-order chi connectivity index (χ1) is 11.4. The molecule has 1 amide bonds. The van der Waals surface area contributed by atoms with Gasteiger partial charge in [-0.2, -0.15) is 0 Å². The first kappa shape index (κ1) is 18.5. The molecule has 9 heteroatoms. The summed E-state index contributed by atoms with van der Waals surface area (Å²) in [5, 5.41) is 2.69. The molecule has 1 heterocycles. The van der Waals surface area contributed by atoms with Crippen molar-refractivity contribution in [1.82, 2.24) is 9.71 Å². The summed E-state index contributed by atoms with van der Waals surface area (Å²) in [4.78, 5) is 16.2. The van der Waals surface area contributed by atoms with Crippen molar-refractivity contribution in [3.05, 3.63) is 52.8 Å². The summed E-state index contributed by atoms with van der Waals surface area (Å²) in [6.07, 6.45) is 3.09. The molecule has 2 aromatic rings. The van der Waals surface area contributed by atoms with Gasteiger partial charge in [-0.1, -0.05) is 0 Å². The van der Waals surface area contributed by atoms with E-state index in [0.29, 0.717) is 10.2 Å². The molecule has 24 heavy (non-hydrogen) atoms. The Kier molecular flexibility index (Phi) is 6.44. The monoisotopic (exact) mass is 413 g/mol. The molecule has 7 nitrogen and oxygen atoms in total. The first-order valence-electron chi connectivity index (χ1n) is 6.93. The highest BCUT2D eigenvalue weighted by Gasteiger charge is 2.18. The summed E-state index contributed by atoms with van der Waals surface area (Å²) in [6.45, 7) is 0.401. The van der Waals surface area contributed by atoms with Gasteiger partial charge >= 0.3 is 0 Å². The van der Waals surface area contributed by atoms with Gasteiger partial charge in [-0.15, -0.1) is 0 Å². The van der Waals surface area contributed by atoms with Crippen molar-refractivity contribution in [2.75, 3.05) is 25.6 Å². The largest absolute Gasteiger partial charge is 0.383 e. The molecule has 128 valence electrons. The van der Waals surface area contributed by atoms with Crippen LogP contribution in [0, 0.1) is 0 Å². The van der Waals surface area contributed by atoms with Gasteiger partial charge in [0.1, 0.15) is 0 Å². The van der Waals surface area contributed by atoms with Crippen LogP contribution < -0.4 is 10.0 Å². The fourth-order valence-electron chi connectivity index (χ4n) is 1.84. The van der Waals surface area contributed by atoms with Crippen molar-refractivity contribution >= 4 is 37.5 Å². The molecule has 0 spiro atoms. The van der Waals surface area contributed by atoms with Crippen molar-refractivity contribution in [3.8, 4) is 0 Å². The van der Waals surface area contributed by atoms with E-state index in [1.807, 2.05) is 0 Å². The Bertz CT molecular complexity index is 813. The number of rotatable bonds is 7. The molecule has 0 saturated heterocycles. The summed E-state index contributed by atoms with van der Waals surface area (Å²) in [7, 11) is -2.24. The number of nitrogens with zero attached hydrogens (tertiary/aromatic N) is 1. The third-order valence-electron chi connectivity index (χ3n) is 3.03. The van der Waals surface area contributed by atoms with E-state index in [0.717, 1.165) is 0 Å². The summed E-state index contributed by atoms with van der Waals surface area (Å²) in [5.74, 6) is -0.429. The van der Waals surface area contributed by atoms with Crippen molar-refractivity contribution in [1.29, 1.82) is 0 Å². The van der Waals surface area contributed by atoms with E-state index in [4.69, 9.17) is 4.74 Å². The third-order valence-corrected chi connectivity index (χ3v) is 5.18. The SMILES string of the molecule is COCCNS(=O)(=O)c1ccc(Br)c(C(=O)Nc2ccncc2)c1. The zero-order valence-electron chi connectivity index (χ0n) is 12.8.